The lowest BCUT2D eigenvalue weighted by Crippen LogP contribution is -2.06. The molecule has 5 nitrogen and oxygen atoms in total. The minimum Gasteiger partial charge on any atom is -0.348 e. The van der Waals surface area contributed by atoms with E-state index in [0.717, 1.165) is 11.1 Å². The lowest BCUT2D eigenvalue weighted by atomic mass is 10.2. The first-order valence-electron chi connectivity index (χ1n) is 6.32. The number of aromatic nitrogens is 4. The summed E-state index contributed by atoms with van der Waals surface area (Å²) in [7, 11) is 0. The maximum absolute atomic E-state index is 4.08. The zero-order valence-electron chi connectivity index (χ0n) is 10.8. The summed E-state index contributed by atoms with van der Waals surface area (Å²) in [5.74, 6) is 0.949. The maximum atomic E-state index is 4.08. The second-order valence-corrected chi connectivity index (χ2v) is 4.25. The molecule has 0 unspecified atom stereocenters. The van der Waals surface area contributed by atoms with Gasteiger partial charge in [0.15, 0.2) is 0 Å². The monoisotopic (exact) mass is 263 g/mol. The van der Waals surface area contributed by atoms with Crippen LogP contribution in [0.15, 0.2) is 60.7 Å². The Bertz CT molecular complexity index is 653. The quantitative estimate of drug-likeness (QED) is 0.783. The van der Waals surface area contributed by atoms with Crippen LogP contribution in [0.1, 0.15) is 5.56 Å². The zero-order chi connectivity index (χ0) is 13.6. The topological polar surface area (TPSA) is 63.6 Å². The number of hydrogen-bond acceptors (Lipinski definition) is 5. The minimum atomic E-state index is 0.425. The van der Waals surface area contributed by atoms with Gasteiger partial charge >= 0.3 is 0 Å². The average Bonchev–Trinajstić information content (AvgIpc) is 2.55. The summed E-state index contributed by atoms with van der Waals surface area (Å²) >= 11 is 0. The molecule has 1 heterocycles. The number of anilines is 1. The molecule has 0 fully saturated rings. The third-order valence-corrected chi connectivity index (χ3v) is 2.80. The summed E-state index contributed by atoms with van der Waals surface area (Å²) in [6.45, 7) is 0.648. The maximum Gasteiger partial charge on any atom is 0.262 e. The van der Waals surface area contributed by atoms with Crippen molar-refractivity contribution < 1.29 is 0 Å². The van der Waals surface area contributed by atoms with Crippen LogP contribution in [0, 0.1) is 0 Å². The molecular weight excluding hydrogens is 250 g/mol. The summed E-state index contributed by atoms with van der Waals surface area (Å²) in [6, 6.07) is 19.7. The van der Waals surface area contributed by atoms with Crippen molar-refractivity contribution in [3.63, 3.8) is 0 Å². The molecule has 0 saturated heterocycles. The Labute approximate surface area is 116 Å². The molecule has 2 aromatic carbocycles. The molecule has 0 radical (unpaired) electrons. The Kier molecular flexibility index (Phi) is 3.59. The molecule has 0 spiro atoms. The highest BCUT2D eigenvalue weighted by atomic mass is 15.3. The number of benzene rings is 2. The third-order valence-electron chi connectivity index (χ3n) is 2.80. The van der Waals surface area contributed by atoms with E-state index >= 15 is 0 Å². The first-order valence-corrected chi connectivity index (χ1v) is 6.32. The summed E-state index contributed by atoms with van der Waals surface area (Å²) in [5.41, 5.74) is 2.06. The molecule has 0 saturated carbocycles. The molecule has 0 atom stereocenters. The predicted octanol–water partition coefficient (Wildman–Crippen LogP) is 2.55. The third kappa shape index (κ3) is 2.95. The smallest absolute Gasteiger partial charge is 0.262 e. The van der Waals surface area contributed by atoms with Crippen molar-refractivity contribution in [2.45, 2.75) is 6.54 Å². The van der Waals surface area contributed by atoms with Crippen LogP contribution in [0.3, 0.4) is 0 Å². The van der Waals surface area contributed by atoms with Crippen LogP contribution in [0.4, 0.5) is 5.95 Å². The standard InChI is InChI=1S/C15H13N5/c1-3-7-12(8-4-1)11-16-15-19-17-14(18-20-15)13-9-5-2-6-10-13/h1-10H,11H2,(H,16,19,20). The van der Waals surface area contributed by atoms with Crippen molar-refractivity contribution in [2.24, 2.45) is 0 Å². The van der Waals surface area contributed by atoms with Gasteiger partial charge in [-0.25, -0.2) is 0 Å². The van der Waals surface area contributed by atoms with Crippen LogP contribution in [-0.2, 0) is 6.54 Å². The molecule has 1 aromatic heterocycles. The van der Waals surface area contributed by atoms with Crippen molar-refractivity contribution in [3.05, 3.63) is 66.2 Å². The van der Waals surface area contributed by atoms with Gasteiger partial charge in [-0.05, 0) is 5.56 Å². The van der Waals surface area contributed by atoms with E-state index in [4.69, 9.17) is 0 Å². The SMILES string of the molecule is c1ccc(CNc2nnc(-c3ccccc3)nn2)cc1. The molecule has 20 heavy (non-hydrogen) atoms. The van der Waals surface area contributed by atoms with Crippen LogP contribution in [0.25, 0.3) is 11.4 Å². The van der Waals surface area contributed by atoms with Gasteiger partial charge in [-0.1, -0.05) is 60.7 Å². The molecule has 0 amide bonds. The predicted molar refractivity (Wildman–Crippen MR) is 76.8 cm³/mol. The Morgan fingerprint density at radius 2 is 1.30 bits per heavy atom. The van der Waals surface area contributed by atoms with Crippen molar-refractivity contribution in [2.75, 3.05) is 5.32 Å². The highest BCUT2D eigenvalue weighted by Gasteiger charge is 2.03. The van der Waals surface area contributed by atoms with E-state index in [1.54, 1.807) is 0 Å². The molecule has 5 heteroatoms. The van der Waals surface area contributed by atoms with E-state index in [9.17, 15) is 0 Å². The lowest BCUT2D eigenvalue weighted by molar-refractivity contribution is 0.858. The van der Waals surface area contributed by atoms with Gasteiger partial charge in [0, 0.05) is 12.1 Å². The zero-order valence-corrected chi connectivity index (χ0v) is 10.8. The normalized spacial score (nSPS) is 10.2. The second-order valence-electron chi connectivity index (χ2n) is 4.25. The van der Waals surface area contributed by atoms with Gasteiger partial charge in [-0.15, -0.1) is 20.4 Å². The molecule has 3 aromatic rings. The Hall–Kier alpha value is -2.82. The van der Waals surface area contributed by atoms with Gasteiger partial charge in [-0.2, -0.15) is 0 Å². The van der Waals surface area contributed by atoms with E-state index in [1.807, 2.05) is 60.7 Å². The van der Waals surface area contributed by atoms with Gasteiger partial charge < -0.3 is 5.32 Å². The van der Waals surface area contributed by atoms with E-state index in [0.29, 0.717) is 18.3 Å². The highest BCUT2D eigenvalue weighted by molar-refractivity contribution is 5.53. The lowest BCUT2D eigenvalue weighted by Gasteiger charge is -2.03. The average molecular weight is 263 g/mol. The van der Waals surface area contributed by atoms with Gasteiger partial charge in [-0.3, -0.25) is 0 Å². The summed E-state index contributed by atoms with van der Waals surface area (Å²) in [5, 5.41) is 19.3. The van der Waals surface area contributed by atoms with E-state index < -0.39 is 0 Å². The van der Waals surface area contributed by atoms with Crippen LogP contribution < -0.4 is 5.32 Å². The summed E-state index contributed by atoms with van der Waals surface area (Å²) < 4.78 is 0. The van der Waals surface area contributed by atoms with E-state index in [1.165, 1.54) is 0 Å². The fourth-order valence-corrected chi connectivity index (χ4v) is 1.78. The first-order chi connectivity index (χ1) is 9.92. The number of hydrogen-bond donors (Lipinski definition) is 1. The number of rotatable bonds is 4. The molecular formula is C15H13N5. The minimum absolute atomic E-state index is 0.425. The Morgan fingerprint density at radius 1 is 0.700 bits per heavy atom. The van der Waals surface area contributed by atoms with Crippen molar-refractivity contribution in [1.29, 1.82) is 0 Å². The van der Waals surface area contributed by atoms with Crippen LogP contribution >= 0.6 is 0 Å². The molecule has 0 aliphatic heterocycles. The van der Waals surface area contributed by atoms with Crippen molar-refractivity contribution in [1.82, 2.24) is 20.4 Å². The fraction of sp³-hybridized carbons (Fsp3) is 0.0667. The van der Waals surface area contributed by atoms with Gasteiger partial charge in [0.1, 0.15) is 0 Å². The van der Waals surface area contributed by atoms with Crippen LogP contribution in [0.2, 0.25) is 0 Å². The first kappa shape index (κ1) is 12.2. The fourth-order valence-electron chi connectivity index (χ4n) is 1.78. The largest absolute Gasteiger partial charge is 0.348 e. The van der Waals surface area contributed by atoms with Crippen molar-refractivity contribution >= 4 is 5.95 Å². The molecule has 98 valence electrons. The molecule has 3 rings (SSSR count). The summed E-state index contributed by atoms with van der Waals surface area (Å²) in [6.07, 6.45) is 0. The Balaban J connectivity index is 1.68. The molecule has 0 bridgehead atoms. The van der Waals surface area contributed by atoms with Gasteiger partial charge in [0.25, 0.3) is 5.95 Å². The van der Waals surface area contributed by atoms with E-state index in [-0.39, 0.29) is 0 Å². The van der Waals surface area contributed by atoms with Crippen LogP contribution in [-0.4, -0.2) is 20.4 Å². The van der Waals surface area contributed by atoms with Crippen molar-refractivity contribution in [3.8, 4) is 11.4 Å². The Morgan fingerprint density at radius 3 is 1.95 bits per heavy atom. The molecule has 0 aliphatic carbocycles. The van der Waals surface area contributed by atoms with E-state index in [2.05, 4.69) is 25.7 Å². The molecule has 1 N–H and O–H groups in total. The highest BCUT2D eigenvalue weighted by Crippen LogP contribution is 2.11. The van der Waals surface area contributed by atoms with Gasteiger partial charge in [0.2, 0.25) is 5.82 Å². The number of nitrogens with zero attached hydrogens (tertiary/aromatic N) is 4. The molecule has 0 aliphatic rings. The van der Waals surface area contributed by atoms with Gasteiger partial charge in [0.05, 0.1) is 0 Å². The number of nitrogens with one attached hydrogen (secondary N) is 1. The second kappa shape index (κ2) is 5.88. The summed E-state index contributed by atoms with van der Waals surface area (Å²) in [4.78, 5) is 0. The van der Waals surface area contributed by atoms with Crippen LogP contribution in [0.5, 0.6) is 0 Å².